The summed E-state index contributed by atoms with van der Waals surface area (Å²) in [6.07, 6.45) is 0. The normalized spacial score (nSPS) is 10.0. The minimum atomic E-state index is -0.622. The van der Waals surface area contributed by atoms with Gasteiger partial charge in [0.15, 0.2) is 6.61 Å². The van der Waals surface area contributed by atoms with Gasteiger partial charge in [-0.05, 0) is 36.4 Å². The van der Waals surface area contributed by atoms with Gasteiger partial charge in [-0.15, -0.1) is 0 Å². The summed E-state index contributed by atoms with van der Waals surface area (Å²) in [5.74, 6) is -0.122. The maximum atomic E-state index is 12.3. The third-order valence-electron chi connectivity index (χ3n) is 3.10. The summed E-state index contributed by atoms with van der Waals surface area (Å²) in [5, 5.41) is 0.417. The van der Waals surface area contributed by atoms with Crippen LogP contribution in [0.5, 0.6) is 11.5 Å². The third kappa shape index (κ3) is 4.23. The highest BCUT2D eigenvalue weighted by Crippen LogP contribution is 2.24. The minimum absolute atomic E-state index is 0.280. The Hall–Kier alpha value is -2.53. The first-order valence-corrected chi connectivity index (χ1v) is 7.11. The maximum absolute atomic E-state index is 12.3. The molecular formula is C17H15ClO5. The molecule has 2 aromatic rings. The van der Waals surface area contributed by atoms with Gasteiger partial charge >= 0.3 is 5.97 Å². The molecule has 23 heavy (non-hydrogen) atoms. The van der Waals surface area contributed by atoms with Gasteiger partial charge in [0.25, 0.3) is 0 Å². The lowest BCUT2D eigenvalue weighted by Gasteiger charge is -2.10. The molecule has 0 aromatic heterocycles. The lowest BCUT2D eigenvalue weighted by molar-refractivity contribution is 0.0474. The largest absolute Gasteiger partial charge is 0.497 e. The number of esters is 1. The van der Waals surface area contributed by atoms with Gasteiger partial charge < -0.3 is 14.2 Å². The van der Waals surface area contributed by atoms with Crippen molar-refractivity contribution in [2.45, 2.75) is 0 Å². The lowest BCUT2D eigenvalue weighted by atomic mass is 10.1. The van der Waals surface area contributed by atoms with E-state index in [0.29, 0.717) is 16.5 Å². The summed E-state index contributed by atoms with van der Waals surface area (Å²) in [7, 11) is 2.95. The topological polar surface area (TPSA) is 61.8 Å². The van der Waals surface area contributed by atoms with Gasteiger partial charge in [0, 0.05) is 5.02 Å². The molecule has 0 atom stereocenters. The zero-order valence-electron chi connectivity index (χ0n) is 12.7. The van der Waals surface area contributed by atoms with Crippen molar-refractivity contribution >= 4 is 23.4 Å². The molecule has 6 heteroatoms. The van der Waals surface area contributed by atoms with E-state index in [1.165, 1.54) is 26.4 Å². The molecule has 0 unspecified atom stereocenters. The van der Waals surface area contributed by atoms with Crippen LogP contribution < -0.4 is 9.47 Å². The Balaban J connectivity index is 2.09. The van der Waals surface area contributed by atoms with Crippen molar-refractivity contribution in [3.05, 3.63) is 58.6 Å². The summed E-state index contributed by atoms with van der Waals surface area (Å²) in [4.78, 5) is 24.2. The molecule has 2 aromatic carbocycles. The molecule has 5 nitrogen and oxygen atoms in total. The van der Waals surface area contributed by atoms with Gasteiger partial charge in [0.2, 0.25) is 5.78 Å². The second kappa shape index (κ2) is 7.65. The van der Waals surface area contributed by atoms with E-state index in [2.05, 4.69) is 0 Å². The van der Waals surface area contributed by atoms with Gasteiger partial charge in [0.05, 0.1) is 25.3 Å². The van der Waals surface area contributed by atoms with Crippen LogP contribution in [0.2, 0.25) is 5.02 Å². The zero-order valence-corrected chi connectivity index (χ0v) is 13.4. The van der Waals surface area contributed by atoms with Gasteiger partial charge in [-0.2, -0.15) is 0 Å². The van der Waals surface area contributed by atoms with Crippen LogP contribution in [0.25, 0.3) is 0 Å². The average Bonchev–Trinajstić information content (AvgIpc) is 2.58. The number of halogens is 1. The van der Waals surface area contributed by atoms with E-state index >= 15 is 0 Å². The number of hydrogen-bond donors (Lipinski definition) is 0. The number of benzene rings is 2. The van der Waals surface area contributed by atoms with Crippen molar-refractivity contribution in [1.82, 2.24) is 0 Å². The Morgan fingerprint density at radius 3 is 2.48 bits per heavy atom. The van der Waals surface area contributed by atoms with E-state index in [4.69, 9.17) is 25.8 Å². The fraction of sp³-hybridized carbons (Fsp3) is 0.176. The summed E-state index contributed by atoms with van der Waals surface area (Å²) < 4.78 is 15.3. The number of hydrogen-bond acceptors (Lipinski definition) is 5. The van der Waals surface area contributed by atoms with E-state index in [0.717, 1.165) is 0 Å². The van der Waals surface area contributed by atoms with Crippen LogP contribution in [0.4, 0.5) is 0 Å². The van der Waals surface area contributed by atoms with Crippen LogP contribution in [-0.2, 0) is 4.74 Å². The van der Waals surface area contributed by atoms with Crippen molar-refractivity contribution < 1.29 is 23.8 Å². The molecule has 2 rings (SSSR count). The lowest BCUT2D eigenvalue weighted by Crippen LogP contribution is -2.15. The molecule has 0 saturated carbocycles. The molecule has 0 N–H and O–H groups in total. The summed E-state index contributed by atoms with van der Waals surface area (Å²) in [6, 6.07) is 11.1. The van der Waals surface area contributed by atoms with Crippen molar-refractivity contribution in [3.8, 4) is 11.5 Å². The highest BCUT2D eigenvalue weighted by atomic mass is 35.5. The molecule has 0 bridgehead atoms. The van der Waals surface area contributed by atoms with E-state index in [9.17, 15) is 9.59 Å². The zero-order chi connectivity index (χ0) is 16.8. The van der Waals surface area contributed by atoms with Gasteiger partial charge in [0.1, 0.15) is 11.5 Å². The van der Waals surface area contributed by atoms with Crippen LogP contribution in [0.1, 0.15) is 20.7 Å². The molecule has 0 aliphatic rings. The van der Waals surface area contributed by atoms with Crippen LogP contribution in [0, 0.1) is 0 Å². The highest BCUT2D eigenvalue weighted by Gasteiger charge is 2.16. The van der Waals surface area contributed by atoms with Crippen molar-refractivity contribution in [3.63, 3.8) is 0 Å². The van der Waals surface area contributed by atoms with Crippen molar-refractivity contribution in [1.29, 1.82) is 0 Å². The smallest absolute Gasteiger partial charge is 0.338 e. The van der Waals surface area contributed by atoms with E-state index in [1.54, 1.807) is 30.3 Å². The Morgan fingerprint density at radius 2 is 1.83 bits per heavy atom. The molecule has 0 fully saturated rings. The molecular weight excluding hydrogens is 320 g/mol. The molecule has 0 saturated heterocycles. The first-order chi connectivity index (χ1) is 11.0. The number of methoxy groups -OCH3 is 2. The van der Waals surface area contributed by atoms with Crippen LogP contribution in [0.3, 0.4) is 0 Å². The first-order valence-electron chi connectivity index (χ1n) is 6.73. The Morgan fingerprint density at radius 1 is 1.04 bits per heavy atom. The van der Waals surface area contributed by atoms with E-state index in [-0.39, 0.29) is 11.1 Å². The Bertz CT molecular complexity index is 727. The standard InChI is InChI=1S/C17H15ClO5/c1-21-13-6-7-16(22-2)14(9-13)15(19)10-23-17(20)11-4-3-5-12(18)8-11/h3-9H,10H2,1-2H3. The number of ketones is 1. The molecule has 0 aliphatic carbocycles. The van der Waals surface area contributed by atoms with E-state index in [1.807, 2.05) is 0 Å². The van der Waals surface area contributed by atoms with Crippen LogP contribution in [-0.4, -0.2) is 32.6 Å². The average molecular weight is 335 g/mol. The molecule has 0 spiro atoms. The maximum Gasteiger partial charge on any atom is 0.338 e. The van der Waals surface area contributed by atoms with Crippen molar-refractivity contribution in [2.75, 3.05) is 20.8 Å². The Kier molecular flexibility index (Phi) is 5.60. The molecule has 0 radical (unpaired) electrons. The number of Topliss-reactive ketones (excluding diaryl/α,β-unsaturated/α-hetero) is 1. The van der Waals surface area contributed by atoms with Gasteiger partial charge in [-0.1, -0.05) is 17.7 Å². The molecule has 0 amide bonds. The predicted octanol–water partition coefficient (Wildman–Crippen LogP) is 3.40. The second-order valence-corrected chi connectivity index (χ2v) is 5.01. The van der Waals surface area contributed by atoms with Gasteiger partial charge in [-0.3, -0.25) is 4.79 Å². The van der Waals surface area contributed by atoms with Crippen molar-refractivity contribution in [2.24, 2.45) is 0 Å². The molecule has 0 aliphatic heterocycles. The predicted molar refractivity (Wildman–Crippen MR) is 85.6 cm³/mol. The number of ether oxygens (including phenoxy) is 3. The monoisotopic (exact) mass is 334 g/mol. The number of rotatable bonds is 6. The Labute approximate surface area is 138 Å². The second-order valence-electron chi connectivity index (χ2n) is 4.58. The van der Waals surface area contributed by atoms with E-state index < -0.39 is 18.4 Å². The fourth-order valence-electron chi connectivity index (χ4n) is 1.94. The molecule has 0 heterocycles. The number of carbonyl (C=O) groups is 2. The summed E-state index contributed by atoms with van der Waals surface area (Å²) >= 11 is 5.82. The summed E-state index contributed by atoms with van der Waals surface area (Å²) in [6.45, 7) is -0.408. The quantitative estimate of drug-likeness (QED) is 0.598. The first kappa shape index (κ1) is 16.8. The van der Waals surface area contributed by atoms with Crippen LogP contribution >= 0.6 is 11.6 Å². The summed E-state index contributed by atoms with van der Waals surface area (Å²) in [5.41, 5.74) is 0.564. The van der Waals surface area contributed by atoms with Crippen LogP contribution in [0.15, 0.2) is 42.5 Å². The SMILES string of the molecule is COc1ccc(OC)c(C(=O)COC(=O)c2cccc(Cl)c2)c1. The van der Waals surface area contributed by atoms with Gasteiger partial charge in [-0.25, -0.2) is 4.79 Å². The fourth-order valence-corrected chi connectivity index (χ4v) is 2.13. The molecule has 120 valence electrons. The number of carbonyl (C=O) groups excluding carboxylic acids is 2. The highest BCUT2D eigenvalue weighted by molar-refractivity contribution is 6.30. The third-order valence-corrected chi connectivity index (χ3v) is 3.34. The minimum Gasteiger partial charge on any atom is -0.497 e.